The lowest BCUT2D eigenvalue weighted by Gasteiger charge is -2.13. The van der Waals surface area contributed by atoms with Crippen molar-refractivity contribution in [2.45, 2.75) is 20.1 Å². The minimum absolute atomic E-state index is 0.109. The number of benzene rings is 1. The Labute approximate surface area is 172 Å². The van der Waals surface area contributed by atoms with Crippen LogP contribution in [-0.4, -0.2) is 23.9 Å². The van der Waals surface area contributed by atoms with Crippen LogP contribution >= 0.6 is 11.3 Å². The smallest absolute Gasteiger partial charge is 0.265 e. The average molecular weight is 411 g/mol. The molecule has 0 aliphatic rings. The number of hydrogen-bond donors (Lipinski definition) is 2. The van der Waals surface area contributed by atoms with Gasteiger partial charge >= 0.3 is 0 Å². The monoisotopic (exact) mass is 411 g/mol. The summed E-state index contributed by atoms with van der Waals surface area (Å²) in [6, 6.07) is 12.5. The van der Waals surface area contributed by atoms with E-state index in [1.54, 1.807) is 43.8 Å². The SMILES string of the molecule is COc1ccc(NC(=O)c2ccc(CNC(C)=O)s2)cc1OCc1ccncc1. The number of methoxy groups -OCH3 is 1. The number of nitrogens with zero attached hydrogens (tertiary/aromatic N) is 1. The Balaban J connectivity index is 1.67. The highest BCUT2D eigenvalue weighted by atomic mass is 32.1. The Bertz CT molecular complexity index is 989. The van der Waals surface area contributed by atoms with Crippen LogP contribution in [0.25, 0.3) is 0 Å². The lowest BCUT2D eigenvalue weighted by Crippen LogP contribution is -2.18. The fourth-order valence-corrected chi connectivity index (χ4v) is 3.35. The van der Waals surface area contributed by atoms with Crippen molar-refractivity contribution in [3.63, 3.8) is 0 Å². The molecule has 3 aromatic rings. The molecule has 0 spiro atoms. The third-order valence-corrected chi connectivity index (χ3v) is 5.05. The first-order valence-electron chi connectivity index (χ1n) is 8.89. The van der Waals surface area contributed by atoms with Crippen molar-refractivity contribution in [2.75, 3.05) is 12.4 Å². The van der Waals surface area contributed by atoms with E-state index in [9.17, 15) is 9.59 Å². The predicted octanol–water partition coefficient (Wildman–Crippen LogP) is 3.62. The zero-order chi connectivity index (χ0) is 20.6. The van der Waals surface area contributed by atoms with Gasteiger partial charge in [0.05, 0.1) is 18.5 Å². The summed E-state index contributed by atoms with van der Waals surface area (Å²) in [4.78, 5) is 29.0. The van der Waals surface area contributed by atoms with Crippen LogP contribution in [0.1, 0.15) is 27.0 Å². The maximum absolute atomic E-state index is 12.5. The number of carbonyl (C=O) groups excluding carboxylic acids is 2. The first-order chi connectivity index (χ1) is 14.0. The number of pyridine rings is 1. The third-order valence-electron chi connectivity index (χ3n) is 3.96. The van der Waals surface area contributed by atoms with Gasteiger partial charge in [0.15, 0.2) is 11.5 Å². The fraction of sp³-hybridized carbons (Fsp3) is 0.190. The number of aromatic nitrogens is 1. The van der Waals surface area contributed by atoms with E-state index in [0.717, 1.165) is 10.4 Å². The molecule has 0 bridgehead atoms. The topological polar surface area (TPSA) is 89.6 Å². The van der Waals surface area contributed by atoms with Gasteiger partial charge in [0.2, 0.25) is 5.91 Å². The molecule has 2 N–H and O–H groups in total. The molecule has 0 fully saturated rings. The third kappa shape index (κ3) is 5.79. The molecule has 0 saturated carbocycles. The molecular formula is C21H21N3O4S. The number of nitrogens with one attached hydrogen (secondary N) is 2. The van der Waals surface area contributed by atoms with Crippen molar-refractivity contribution in [1.82, 2.24) is 10.3 Å². The lowest BCUT2D eigenvalue weighted by molar-refractivity contribution is -0.119. The summed E-state index contributed by atoms with van der Waals surface area (Å²) in [5.41, 5.74) is 1.57. The van der Waals surface area contributed by atoms with Crippen molar-refractivity contribution in [1.29, 1.82) is 0 Å². The maximum Gasteiger partial charge on any atom is 0.265 e. The molecule has 1 aromatic carbocycles. The molecule has 0 atom stereocenters. The van der Waals surface area contributed by atoms with Crippen LogP contribution < -0.4 is 20.1 Å². The molecule has 0 aliphatic carbocycles. The molecule has 7 nitrogen and oxygen atoms in total. The number of anilines is 1. The van der Waals surface area contributed by atoms with Crippen LogP contribution in [0.5, 0.6) is 11.5 Å². The Morgan fingerprint density at radius 3 is 2.59 bits per heavy atom. The van der Waals surface area contributed by atoms with Gasteiger partial charge in [-0.25, -0.2) is 0 Å². The van der Waals surface area contributed by atoms with Crippen LogP contribution in [0.15, 0.2) is 54.9 Å². The first-order valence-corrected chi connectivity index (χ1v) is 9.71. The quantitative estimate of drug-likeness (QED) is 0.591. The number of ether oxygens (including phenoxy) is 2. The molecule has 3 rings (SSSR count). The summed E-state index contributed by atoms with van der Waals surface area (Å²) in [5, 5.41) is 5.58. The van der Waals surface area contributed by atoms with Gasteiger partial charge < -0.3 is 20.1 Å². The average Bonchev–Trinajstić information content (AvgIpc) is 3.21. The Morgan fingerprint density at radius 2 is 1.86 bits per heavy atom. The molecular weight excluding hydrogens is 390 g/mol. The Kier molecular flexibility index (Phi) is 6.80. The first kappa shape index (κ1) is 20.3. The van der Waals surface area contributed by atoms with Gasteiger partial charge in [-0.15, -0.1) is 11.3 Å². The van der Waals surface area contributed by atoms with Crippen LogP contribution in [0.2, 0.25) is 0 Å². The molecule has 2 heterocycles. The highest BCUT2D eigenvalue weighted by Gasteiger charge is 2.12. The predicted molar refractivity (Wildman–Crippen MR) is 111 cm³/mol. The van der Waals surface area contributed by atoms with Gasteiger partial charge in [0.1, 0.15) is 6.61 Å². The number of amides is 2. The number of rotatable bonds is 8. The summed E-state index contributed by atoms with van der Waals surface area (Å²) >= 11 is 1.33. The van der Waals surface area contributed by atoms with Gasteiger partial charge in [-0.2, -0.15) is 0 Å². The Morgan fingerprint density at radius 1 is 1.07 bits per heavy atom. The van der Waals surface area contributed by atoms with Crippen molar-refractivity contribution in [2.24, 2.45) is 0 Å². The minimum Gasteiger partial charge on any atom is -0.493 e. The molecule has 29 heavy (non-hydrogen) atoms. The van der Waals surface area contributed by atoms with Gasteiger partial charge in [0, 0.05) is 35.9 Å². The second-order valence-electron chi connectivity index (χ2n) is 6.14. The summed E-state index contributed by atoms with van der Waals surface area (Å²) < 4.78 is 11.2. The van der Waals surface area contributed by atoms with E-state index in [1.807, 2.05) is 18.2 Å². The molecule has 0 radical (unpaired) electrons. The molecule has 0 aliphatic heterocycles. The van der Waals surface area contributed by atoms with Crippen LogP contribution in [0.3, 0.4) is 0 Å². The molecule has 2 aromatic heterocycles. The largest absolute Gasteiger partial charge is 0.493 e. The normalized spacial score (nSPS) is 10.3. The number of hydrogen-bond acceptors (Lipinski definition) is 6. The summed E-state index contributed by atoms with van der Waals surface area (Å²) in [6.07, 6.45) is 3.40. The minimum atomic E-state index is -0.227. The molecule has 0 unspecified atom stereocenters. The summed E-state index contributed by atoms with van der Waals surface area (Å²) in [7, 11) is 1.56. The second-order valence-corrected chi connectivity index (χ2v) is 7.31. The second kappa shape index (κ2) is 9.70. The van der Waals surface area contributed by atoms with E-state index in [-0.39, 0.29) is 11.8 Å². The van der Waals surface area contributed by atoms with Crippen molar-refractivity contribution in [3.8, 4) is 11.5 Å². The van der Waals surface area contributed by atoms with Gasteiger partial charge in [0.25, 0.3) is 5.91 Å². The summed E-state index contributed by atoms with van der Waals surface area (Å²) in [5.74, 6) is 0.765. The fourth-order valence-electron chi connectivity index (χ4n) is 2.51. The zero-order valence-electron chi connectivity index (χ0n) is 16.1. The van der Waals surface area contributed by atoms with Gasteiger partial charge in [-0.1, -0.05) is 0 Å². The lowest BCUT2D eigenvalue weighted by atomic mass is 10.2. The van der Waals surface area contributed by atoms with Crippen molar-refractivity contribution >= 4 is 28.8 Å². The van der Waals surface area contributed by atoms with E-state index in [1.165, 1.54) is 18.3 Å². The molecule has 0 saturated heterocycles. The molecule has 2 amide bonds. The Hall–Kier alpha value is -3.39. The highest BCUT2D eigenvalue weighted by molar-refractivity contribution is 7.14. The number of thiophene rings is 1. The van der Waals surface area contributed by atoms with E-state index in [4.69, 9.17) is 9.47 Å². The van der Waals surface area contributed by atoms with Crippen molar-refractivity contribution < 1.29 is 19.1 Å². The highest BCUT2D eigenvalue weighted by Crippen LogP contribution is 2.31. The van der Waals surface area contributed by atoms with E-state index >= 15 is 0 Å². The van der Waals surface area contributed by atoms with Crippen molar-refractivity contribution in [3.05, 3.63) is 70.2 Å². The van der Waals surface area contributed by atoms with E-state index in [2.05, 4.69) is 15.6 Å². The zero-order valence-corrected chi connectivity index (χ0v) is 16.9. The number of carbonyl (C=O) groups is 2. The van der Waals surface area contributed by atoms with E-state index in [0.29, 0.717) is 35.2 Å². The van der Waals surface area contributed by atoms with Crippen LogP contribution in [0.4, 0.5) is 5.69 Å². The molecule has 8 heteroatoms. The van der Waals surface area contributed by atoms with E-state index < -0.39 is 0 Å². The van der Waals surface area contributed by atoms with Gasteiger partial charge in [-0.3, -0.25) is 14.6 Å². The van der Waals surface area contributed by atoms with Crippen LogP contribution in [0, 0.1) is 0 Å². The standard InChI is InChI=1S/C21H21N3O4S/c1-14(25)23-12-17-4-6-20(29-17)21(26)24-16-3-5-18(27-2)19(11-16)28-13-15-7-9-22-10-8-15/h3-11H,12-13H2,1-2H3,(H,23,25)(H,24,26). The summed E-state index contributed by atoms with van der Waals surface area (Å²) in [6.45, 7) is 2.22. The van der Waals surface area contributed by atoms with Gasteiger partial charge in [-0.05, 0) is 42.0 Å². The van der Waals surface area contributed by atoms with Crippen LogP contribution in [-0.2, 0) is 17.9 Å². The molecule has 150 valence electrons. The maximum atomic E-state index is 12.5.